The first kappa shape index (κ1) is 10.3. The minimum atomic E-state index is 0.0105. The number of aliphatic hydroxyl groups excluding tert-OH is 1. The summed E-state index contributed by atoms with van der Waals surface area (Å²) >= 11 is 0. The number of hydrogen-bond donors (Lipinski definition) is 1. The molecule has 0 bridgehead atoms. The number of ether oxygens (including phenoxy) is 3. The molecule has 2 rings (SSSR count). The van der Waals surface area contributed by atoms with Gasteiger partial charge in [-0.3, -0.25) is 0 Å². The van der Waals surface area contributed by atoms with Crippen molar-refractivity contribution in [2.45, 2.75) is 13.0 Å². The Hall–Kier alpha value is -1.26. The van der Waals surface area contributed by atoms with Crippen LogP contribution in [0, 0.1) is 0 Å². The highest BCUT2D eigenvalue weighted by Crippen LogP contribution is 2.36. The zero-order chi connectivity index (χ0) is 10.7. The van der Waals surface area contributed by atoms with E-state index in [9.17, 15) is 0 Å². The van der Waals surface area contributed by atoms with Gasteiger partial charge in [-0.15, -0.1) is 0 Å². The third-order valence-corrected chi connectivity index (χ3v) is 2.32. The van der Waals surface area contributed by atoms with Gasteiger partial charge in [0.15, 0.2) is 18.3 Å². The Kier molecular flexibility index (Phi) is 3.08. The van der Waals surface area contributed by atoms with Crippen LogP contribution >= 0.6 is 0 Å². The van der Waals surface area contributed by atoms with Crippen molar-refractivity contribution in [3.8, 4) is 11.5 Å². The van der Waals surface area contributed by atoms with Gasteiger partial charge < -0.3 is 19.3 Å². The molecule has 0 spiro atoms. The van der Waals surface area contributed by atoms with E-state index in [1.165, 1.54) is 0 Å². The normalized spacial score (nSPS) is 13.5. The summed E-state index contributed by atoms with van der Waals surface area (Å²) in [5.74, 6) is 1.43. The number of hydrogen-bond acceptors (Lipinski definition) is 4. The van der Waals surface area contributed by atoms with Crippen LogP contribution in [-0.4, -0.2) is 25.6 Å². The van der Waals surface area contributed by atoms with Crippen LogP contribution in [-0.2, 0) is 17.8 Å². The maximum Gasteiger partial charge on any atom is 0.188 e. The molecular weight excluding hydrogens is 196 g/mol. The molecule has 82 valence electrons. The minimum absolute atomic E-state index is 0.0105. The van der Waals surface area contributed by atoms with E-state index in [2.05, 4.69) is 0 Å². The molecule has 0 aromatic heterocycles. The van der Waals surface area contributed by atoms with Gasteiger partial charge in [-0.2, -0.15) is 0 Å². The van der Waals surface area contributed by atoms with Crippen molar-refractivity contribution in [2.75, 3.05) is 20.5 Å². The second-order valence-corrected chi connectivity index (χ2v) is 3.39. The summed E-state index contributed by atoms with van der Waals surface area (Å²) in [4.78, 5) is 0. The van der Waals surface area contributed by atoms with Gasteiger partial charge in [0, 0.05) is 19.1 Å². The van der Waals surface area contributed by atoms with Crippen molar-refractivity contribution in [3.63, 3.8) is 0 Å². The number of rotatable bonds is 4. The molecular formula is C11H14O4. The molecule has 4 heteroatoms. The SMILES string of the molecule is COCOc1cc(CO)cc2c1OCC2. The molecule has 0 radical (unpaired) electrons. The molecule has 1 aromatic rings. The molecule has 0 atom stereocenters. The Labute approximate surface area is 88.4 Å². The van der Waals surface area contributed by atoms with Crippen LogP contribution in [0.3, 0.4) is 0 Å². The van der Waals surface area contributed by atoms with Crippen molar-refractivity contribution in [3.05, 3.63) is 23.3 Å². The molecule has 1 heterocycles. The predicted molar refractivity (Wildman–Crippen MR) is 54.1 cm³/mol. The summed E-state index contributed by atoms with van der Waals surface area (Å²) in [6, 6.07) is 3.73. The third kappa shape index (κ3) is 2.06. The Morgan fingerprint density at radius 1 is 1.47 bits per heavy atom. The van der Waals surface area contributed by atoms with Gasteiger partial charge >= 0.3 is 0 Å². The summed E-state index contributed by atoms with van der Waals surface area (Å²) in [6.07, 6.45) is 0.868. The summed E-state index contributed by atoms with van der Waals surface area (Å²) in [5, 5.41) is 9.09. The van der Waals surface area contributed by atoms with E-state index in [4.69, 9.17) is 19.3 Å². The van der Waals surface area contributed by atoms with Gasteiger partial charge in [0.2, 0.25) is 0 Å². The number of methoxy groups -OCH3 is 1. The van der Waals surface area contributed by atoms with Crippen LogP contribution in [0.25, 0.3) is 0 Å². The van der Waals surface area contributed by atoms with Crippen LogP contribution in [0.2, 0.25) is 0 Å². The number of aliphatic hydroxyl groups is 1. The molecule has 1 aromatic carbocycles. The third-order valence-electron chi connectivity index (χ3n) is 2.32. The van der Waals surface area contributed by atoms with Crippen LogP contribution in [0.4, 0.5) is 0 Å². The standard InChI is InChI=1S/C11H14O4/c1-13-7-15-10-5-8(6-12)4-9-2-3-14-11(9)10/h4-5,12H,2-3,6-7H2,1H3. The summed E-state index contributed by atoms with van der Waals surface area (Å²) in [6.45, 7) is 0.870. The van der Waals surface area contributed by atoms with Gasteiger partial charge in [-0.1, -0.05) is 0 Å². The molecule has 15 heavy (non-hydrogen) atoms. The quantitative estimate of drug-likeness (QED) is 0.756. The van der Waals surface area contributed by atoms with Crippen molar-refractivity contribution in [1.82, 2.24) is 0 Å². The van der Waals surface area contributed by atoms with Gasteiger partial charge in [-0.05, 0) is 17.7 Å². The molecule has 4 nitrogen and oxygen atoms in total. The smallest absolute Gasteiger partial charge is 0.188 e. The highest BCUT2D eigenvalue weighted by molar-refractivity contribution is 5.51. The van der Waals surface area contributed by atoms with Crippen molar-refractivity contribution in [2.24, 2.45) is 0 Å². The molecule has 0 amide bonds. The Balaban J connectivity index is 2.30. The first-order chi connectivity index (χ1) is 7.35. The fourth-order valence-electron chi connectivity index (χ4n) is 1.66. The topological polar surface area (TPSA) is 47.9 Å². The maximum atomic E-state index is 9.09. The van der Waals surface area contributed by atoms with Gasteiger partial charge in [-0.25, -0.2) is 0 Å². The van der Waals surface area contributed by atoms with Gasteiger partial charge in [0.1, 0.15) is 0 Å². The van der Waals surface area contributed by atoms with Crippen LogP contribution in [0.15, 0.2) is 12.1 Å². The van der Waals surface area contributed by atoms with E-state index >= 15 is 0 Å². The largest absolute Gasteiger partial charge is 0.489 e. The first-order valence-corrected chi connectivity index (χ1v) is 4.86. The van der Waals surface area contributed by atoms with E-state index < -0.39 is 0 Å². The first-order valence-electron chi connectivity index (χ1n) is 4.86. The average Bonchev–Trinajstić information content (AvgIpc) is 2.73. The molecule has 1 aliphatic heterocycles. The lowest BCUT2D eigenvalue weighted by molar-refractivity contribution is 0.0489. The second kappa shape index (κ2) is 4.51. The zero-order valence-electron chi connectivity index (χ0n) is 8.66. The molecule has 1 N–H and O–H groups in total. The monoisotopic (exact) mass is 210 g/mol. The molecule has 0 aliphatic carbocycles. The average molecular weight is 210 g/mol. The Bertz CT molecular complexity index is 349. The van der Waals surface area contributed by atoms with Crippen LogP contribution in [0.1, 0.15) is 11.1 Å². The number of fused-ring (bicyclic) bond motifs is 1. The summed E-state index contributed by atoms with van der Waals surface area (Å²) in [5.41, 5.74) is 1.93. The van der Waals surface area contributed by atoms with Crippen molar-refractivity contribution in [1.29, 1.82) is 0 Å². The molecule has 1 aliphatic rings. The highest BCUT2D eigenvalue weighted by Gasteiger charge is 2.18. The fourth-order valence-corrected chi connectivity index (χ4v) is 1.66. The van der Waals surface area contributed by atoms with E-state index in [1.807, 2.05) is 6.07 Å². The maximum absolute atomic E-state index is 9.09. The van der Waals surface area contributed by atoms with Crippen molar-refractivity contribution >= 4 is 0 Å². The lowest BCUT2D eigenvalue weighted by Crippen LogP contribution is -2.01. The van der Waals surface area contributed by atoms with E-state index in [0.29, 0.717) is 12.4 Å². The lowest BCUT2D eigenvalue weighted by atomic mass is 10.1. The van der Waals surface area contributed by atoms with Gasteiger partial charge in [0.05, 0.1) is 13.2 Å². The predicted octanol–water partition coefficient (Wildman–Crippen LogP) is 1.10. The number of benzene rings is 1. The van der Waals surface area contributed by atoms with Gasteiger partial charge in [0.25, 0.3) is 0 Å². The molecule has 0 fully saturated rings. The zero-order valence-corrected chi connectivity index (χ0v) is 8.66. The Morgan fingerprint density at radius 2 is 2.33 bits per heavy atom. The Morgan fingerprint density at radius 3 is 3.07 bits per heavy atom. The minimum Gasteiger partial charge on any atom is -0.489 e. The molecule has 0 saturated carbocycles. The molecule has 0 unspecified atom stereocenters. The van der Waals surface area contributed by atoms with E-state index in [1.54, 1.807) is 13.2 Å². The highest BCUT2D eigenvalue weighted by atomic mass is 16.7. The fraction of sp³-hybridized carbons (Fsp3) is 0.455. The van der Waals surface area contributed by atoms with E-state index in [-0.39, 0.29) is 13.4 Å². The van der Waals surface area contributed by atoms with Crippen LogP contribution in [0.5, 0.6) is 11.5 Å². The van der Waals surface area contributed by atoms with E-state index in [0.717, 1.165) is 23.3 Å². The second-order valence-electron chi connectivity index (χ2n) is 3.39. The molecule has 0 saturated heterocycles. The van der Waals surface area contributed by atoms with Crippen LogP contribution < -0.4 is 9.47 Å². The lowest BCUT2D eigenvalue weighted by Gasteiger charge is -2.10. The summed E-state index contributed by atoms with van der Waals surface area (Å²) in [7, 11) is 1.57. The van der Waals surface area contributed by atoms with Crippen molar-refractivity contribution < 1.29 is 19.3 Å². The summed E-state index contributed by atoms with van der Waals surface area (Å²) < 4.78 is 15.7.